The molecule has 2 aromatic rings. The van der Waals surface area contributed by atoms with Crippen LogP contribution in [0.25, 0.3) is 0 Å². The van der Waals surface area contributed by atoms with E-state index in [4.69, 9.17) is 5.73 Å². The Morgan fingerprint density at radius 3 is 2.71 bits per heavy atom. The molecule has 1 aromatic heterocycles. The predicted molar refractivity (Wildman–Crippen MR) is 93.4 cm³/mol. The van der Waals surface area contributed by atoms with E-state index >= 15 is 0 Å². The van der Waals surface area contributed by atoms with Gasteiger partial charge in [0.1, 0.15) is 5.54 Å². The van der Waals surface area contributed by atoms with E-state index in [2.05, 4.69) is 21.2 Å². The van der Waals surface area contributed by atoms with Gasteiger partial charge in [0, 0.05) is 10.4 Å². The van der Waals surface area contributed by atoms with E-state index in [1.54, 1.807) is 25.1 Å². The van der Waals surface area contributed by atoms with Crippen LogP contribution in [0, 0.1) is 0 Å². The van der Waals surface area contributed by atoms with Crippen LogP contribution in [-0.4, -0.2) is 22.7 Å². The first-order chi connectivity index (χ1) is 11.3. The predicted octanol–water partition coefficient (Wildman–Crippen LogP) is 2.58. The van der Waals surface area contributed by atoms with Crippen molar-refractivity contribution in [1.82, 2.24) is 10.2 Å². The number of benzene rings is 1. The second-order valence-corrected chi connectivity index (χ2v) is 8.14. The molecule has 1 atom stereocenters. The highest BCUT2D eigenvalue weighted by molar-refractivity contribution is 9.11. The Bertz CT molecular complexity index is 851. The normalized spacial score (nSPS) is 20.3. The summed E-state index contributed by atoms with van der Waals surface area (Å²) in [6.07, 6.45) is 0. The lowest BCUT2D eigenvalue weighted by Gasteiger charge is -2.22. The zero-order chi connectivity index (χ0) is 17.5. The van der Waals surface area contributed by atoms with Gasteiger partial charge in [-0.15, -0.1) is 11.3 Å². The van der Waals surface area contributed by atoms with Crippen LogP contribution in [0.4, 0.5) is 4.79 Å². The zero-order valence-electron chi connectivity index (χ0n) is 12.7. The number of hydrogen-bond donors (Lipinski definition) is 2. The van der Waals surface area contributed by atoms with Crippen molar-refractivity contribution in [2.75, 3.05) is 0 Å². The Balaban J connectivity index is 1.92. The highest BCUT2D eigenvalue weighted by atomic mass is 79.9. The molecule has 1 unspecified atom stereocenters. The number of nitrogens with one attached hydrogen (secondary N) is 1. The average Bonchev–Trinajstić information content (AvgIpc) is 3.05. The van der Waals surface area contributed by atoms with Gasteiger partial charge in [-0.05, 0) is 52.7 Å². The Morgan fingerprint density at radius 2 is 2.08 bits per heavy atom. The van der Waals surface area contributed by atoms with Crippen molar-refractivity contribution >= 4 is 45.1 Å². The van der Waals surface area contributed by atoms with Crippen LogP contribution in [0.1, 0.15) is 27.7 Å². The molecule has 1 aromatic carbocycles. The second-order valence-electron chi connectivity index (χ2n) is 5.60. The van der Waals surface area contributed by atoms with Gasteiger partial charge in [0.05, 0.1) is 10.3 Å². The summed E-state index contributed by atoms with van der Waals surface area (Å²) in [6.45, 7) is 1.82. The quantitative estimate of drug-likeness (QED) is 0.762. The van der Waals surface area contributed by atoms with Crippen LogP contribution >= 0.6 is 27.3 Å². The molecule has 8 heteroatoms. The highest BCUT2D eigenvalue weighted by Crippen LogP contribution is 2.31. The van der Waals surface area contributed by atoms with Crippen molar-refractivity contribution in [3.05, 3.63) is 56.2 Å². The molecule has 2 heterocycles. The molecule has 0 radical (unpaired) electrons. The number of thiophene rings is 1. The maximum absolute atomic E-state index is 12.8. The van der Waals surface area contributed by atoms with Crippen molar-refractivity contribution in [2.45, 2.75) is 19.0 Å². The second kappa shape index (κ2) is 6.03. The summed E-state index contributed by atoms with van der Waals surface area (Å²) >= 11 is 4.83. The van der Waals surface area contributed by atoms with Crippen LogP contribution < -0.4 is 11.1 Å². The van der Waals surface area contributed by atoms with E-state index in [9.17, 15) is 14.4 Å². The van der Waals surface area contributed by atoms with E-state index in [0.29, 0.717) is 5.56 Å². The summed E-state index contributed by atoms with van der Waals surface area (Å²) in [6, 6.07) is 9.70. The number of amides is 4. The third kappa shape index (κ3) is 2.83. The maximum Gasteiger partial charge on any atom is 0.325 e. The van der Waals surface area contributed by atoms with Crippen molar-refractivity contribution < 1.29 is 14.4 Å². The van der Waals surface area contributed by atoms with Crippen molar-refractivity contribution in [3.8, 4) is 0 Å². The smallest absolute Gasteiger partial charge is 0.325 e. The molecular formula is C16H14BrN3O3S. The Kier molecular flexibility index (Phi) is 4.18. The summed E-state index contributed by atoms with van der Waals surface area (Å²) in [5, 5.41) is 2.72. The SMILES string of the molecule is CC1(c2cccc(C(N)=O)c2)NC(=O)N(Cc2ccc(Br)s2)C1=O. The lowest BCUT2D eigenvalue weighted by molar-refractivity contribution is -0.131. The summed E-state index contributed by atoms with van der Waals surface area (Å²) in [4.78, 5) is 38.6. The number of hydrogen-bond acceptors (Lipinski definition) is 4. The molecule has 0 aliphatic carbocycles. The standard InChI is InChI=1S/C16H14BrN3O3S/c1-16(10-4-2-3-9(7-10)13(18)21)14(22)20(15(23)19-16)8-11-5-6-12(17)24-11/h2-7H,8H2,1H3,(H2,18,21)(H,19,23). The van der Waals surface area contributed by atoms with E-state index in [-0.39, 0.29) is 18.0 Å². The summed E-state index contributed by atoms with van der Waals surface area (Å²) in [5.74, 6) is -0.948. The van der Waals surface area contributed by atoms with E-state index < -0.39 is 17.5 Å². The molecule has 0 spiro atoms. The number of halogens is 1. The molecular weight excluding hydrogens is 394 g/mol. The first kappa shape index (κ1) is 16.7. The van der Waals surface area contributed by atoms with Crippen molar-refractivity contribution in [3.63, 3.8) is 0 Å². The van der Waals surface area contributed by atoms with Crippen molar-refractivity contribution in [2.24, 2.45) is 5.73 Å². The number of carbonyl (C=O) groups is 3. The fourth-order valence-electron chi connectivity index (χ4n) is 2.61. The number of imide groups is 1. The molecule has 4 amide bonds. The first-order valence-electron chi connectivity index (χ1n) is 7.10. The van der Waals surface area contributed by atoms with Gasteiger partial charge in [-0.1, -0.05) is 12.1 Å². The molecule has 1 aliphatic rings. The largest absolute Gasteiger partial charge is 0.366 e. The number of nitrogens with zero attached hydrogens (tertiary/aromatic N) is 1. The molecule has 1 aliphatic heterocycles. The molecule has 1 fully saturated rings. The van der Waals surface area contributed by atoms with Gasteiger partial charge in [-0.25, -0.2) is 4.79 Å². The molecule has 24 heavy (non-hydrogen) atoms. The van der Waals surface area contributed by atoms with Gasteiger partial charge in [-0.2, -0.15) is 0 Å². The Hall–Kier alpha value is -2.19. The summed E-state index contributed by atoms with van der Waals surface area (Å²) in [5.41, 5.74) is 4.88. The number of nitrogens with two attached hydrogens (primary N) is 1. The number of rotatable bonds is 4. The third-order valence-corrected chi connectivity index (χ3v) is 5.55. The molecule has 6 nitrogen and oxygen atoms in total. The van der Waals surface area contributed by atoms with Gasteiger partial charge in [0.15, 0.2) is 0 Å². The van der Waals surface area contributed by atoms with Crippen LogP contribution in [0.2, 0.25) is 0 Å². The molecule has 3 rings (SSSR count). The number of primary amides is 1. The third-order valence-electron chi connectivity index (χ3n) is 3.94. The molecule has 0 saturated carbocycles. The van der Waals surface area contributed by atoms with E-state index in [1.165, 1.54) is 22.3 Å². The zero-order valence-corrected chi connectivity index (χ0v) is 15.1. The molecule has 1 saturated heterocycles. The summed E-state index contributed by atoms with van der Waals surface area (Å²) < 4.78 is 0.932. The van der Waals surface area contributed by atoms with Crippen LogP contribution in [0.5, 0.6) is 0 Å². The molecule has 124 valence electrons. The van der Waals surface area contributed by atoms with Gasteiger partial charge in [0.25, 0.3) is 5.91 Å². The Labute approximate surface area is 150 Å². The fraction of sp³-hybridized carbons (Fsp3) is 0.188. The minimum atomic E-state index is -1.23. The topological polar surface area (TPSA) is 92.5 Å². The highest BCUT2D eigenvalue weighted by Gasteiger charge is 2.49. The number of carbonyl (C=O) groups excluding carboxylic acids is 3. The minimum Gasteiger partial charge on any atom is -0.366 e. The first-order valence-corrected chi connectivity index (χ1v) is 8.71. The number of urea groups is 1. The van der Waals surface area contributed by atoms with Gasteiger partial charge in [0.2, 0.25) is 5.91 Å². The Morgan fingerprint density at radius 1 is 1.33 bits per heavy atom. The summed E-state index contributed by atoms with van der Waals surface area (Å²) in [7, 11) is 0. The van der Waals surface area contributed by atoms with E-state index in [0.717, 1.165) is 8.66 Å². The van der Waals surface area contributed by atoms with Crippen LogP contribution in [0.3, 0.4) is 0 Å². The van der Waals surface area contributed by atoms with Gasteiger partial charge >= 0.3 is 6.03 Å². The lowest BCUT2D eigenvalue weighted by Crippen LogP contribution is -2.41. The molecule has 0 bridgehead atoms. The molecule has 3 N–H and O–H groups in total. The van der Waals surface area contributed by atoms with Gasteiger partial charge in [-0.3, -0.25) is 14.5 Å². The van der Waals surface area contributed by atoms with Gasteiger partial charge < -0.3 is 11.1 Å². The fourth-order valence-corrected chi connectivity index (χ4v) is 4.08. The minimum absolute atomic E-state index is 0.200. The van der Waals surface area contributed by atoms with E-state index in [1.807, 2.05) is 12.1 Å². The van der Waals surface area contributed by atoms with Crippen molar-refractivity contribution in [1.29, 1.82) is 0 Å². The van der Waals surface area contributed by atoms with Crippen LogP contribution in [-0.2, 0) is 16.9 Å². The van der Waals surface area contributed by atoms with Crippen LogP contribution in [0.15, 0.2) is 40.2 Å². The lowest BCUT2D eigenvalue weighted by atomic mass is 9.90. The monoisotopic (exact) mass is 407 g/mol. The average molecular weight is 408 g/mol. The maximum atomic E-state index is 12.8.